The van der Waals surface area contributed by atoms with Crippen LogP contribution in [0, 0.1) is 0 Å². The zero-order valence-corrected chi connectivity index (χ0v) is 7.83. The van der Waals surface area contributed by atoms with Gasteiger partial charge in [-0.3, -0.25) is 9.59 Å². The van der Waals surface area contributed by atoms with Crippen LogP contribution < -0.4 is 5.73 Å². The van der Waals surface area contributed by atoms with Crippen LogP contribution in [0.25, 0.3) is 0 Å². The Morgan fingerprint density at radius 3 is 2.17 bits per heavy atom. The molecule has 0 rings (SSSR count). The second-order valence-corrected chi connectivity index (χ2v) is 2.94. The minimum absolute atomic E-state index is 0.0182. The second-order valence-electron chi connectivity index (χ2n) is 2.94. The Morgan fingerprint density at radius 1 is 1.42 bits per heavy atom. The first kappa shape index (κ1) is 10.9. The van der Waals surface area contributed by atoms with Gasteiger partial charge in [-0.1, -0.05) is 6.92 Å². The fourth-order valence-electron chi connectivity index (χ4n) is 0.930. The molecule has 0 spiro atoms. The maximum atomic E-state index is 11.2. The first-order valence-corrected chi connectivity index (χ1v) is 4.06. The average Bonchev–Trinajstić information content (AvgIpc) is 1.98. The van der Waals surface area contributed by atoms with E-state index in [1.165, 1.54) is 4.90 Å². The Hall–Kier alpha value is -1.06. The summed E-state index contributed by atoms with van der Waals surface area (Å²) in [6.45, 7) is 5.50. The van der Waals surface area contributed by atoms with Crippen LogP contribution in [-0.2, 0) is 9.59 Å². The molecule has 0 bridgehead atoms. The molecule has 0 aromatic heterocycles. The molecule has 12 heavy (non-hydrogen) atoms. The molecule has 0 aromatic rings. The number of hydrogen-bond donors (Lipinski definition) is 1. The molecule has 4 nitrogen and oxygen atoms in total. The fourth-order valence-corrected chi connectivity index (χ4v) is 0.930. The first-order chi connectivity index (χ1) is 5.49. The molecule has 0 aliphatic heterocycles. The molecule has 2 N–H and O–H groups in total. The molecule has 0 atom stereocenters. The third kappa shape index (κ3) is 3.37. The Morgan fingerprint density at radius 2 is 1.92 bits per heavy atom. The van der Waals surface area contributed by atoms with Crippen molar-refractivity contribution in [1.29, 1.82) is 0 Å². The molecule has 0 saturated carbocycles. The van der Waals surface area contributed by atoms with Gasteiger partial charge in [0.15, 0.2) is 0 Å². The first-order valence-electron chi connectivity index (χ1n) is 4.06. The van der Waals surface area contributed by atoms with Crippen LogP contribution in [0.5, 0.6) is 0 Å². The summed E-state index contributed by atoms with van der Waals surface area (Å²) in [5.41, 5.74) is 4.99. The Labute approximate surface area is 72.7 Å². The summed E-state index contributed by atoms with van der Waals surface area (Å²) in [4.78, 5) is 23.2. The lowest BCUT2D eigenvalue weighted by atomic mass is 10.3. The van der Waals surface area contributed by atoms with Crippen molar-refractivity contribution < 1.29 is 9.59 Å². The maximum Gasteiger partial charge on any atom is 0.237 e. The second kappa shape index (κ2) is 4.74. The number of primary amides is 1. The van der Waals surface area contributed by atoms with E-state index >= 15 is 0 Å². The molecule has 0 unspecified atom stereocenters. The molecule has 0 fully saturated rings. The lowest BCUT2D eigenvalue weighted by Gasteiger charge is -2.24. The van der Waals surface area contributed by atoms with Crippen LogP contribution in [0.3, 0.4) is 0 Å². The van der Waals surface area contributed by atoms with Crippen molar-refractivity contribution >= 4 is 11.8 Å². The highest BCUT2D eigenvalue weighted by Crippen LogP contribution is 2.00. The van der Waals surface area contributed by atoms with E-state index in [-0.39, 0.29) is 18.5 Å². The summed E-state index contributed by atoms with van der Waals surface area (Å²) >= 11 is 0. The van der Waals surface area contributed by atoms with Crippen molar-refractivity contribution in [2.75, 3.05) is 6.54 Å². The molecule has 0 heterocycles. The molecule has 0 aliphatic rings. The molecule has 2 amide bonds. The van der Waals surface area contributed by atoms with Gasteiger partial charge in [-0.15, -0.1) is 0 Å². The average molecular weight is 172 g/mol. The minimum atomic E-state index is -0.467. The van der Waals surface area contributed by atoms with Gasteiger partial charge in [0.1, 0.15) is 0 Å². The van der Waals surface area contributed by atoms with Crippen molar-refractivity contribution in [3.05, 3.63) is 0 Å². The monoisotopic (exact) mass is 172 g/mol. The Balaban J connectivity index is 4.23. The molecule has 0 radical (unpaired) electrons. The normalized spacial score (nSPS) is 10.0. The highest BCUT2D eigenvalue weighted by atomic mass is 16.2. The summed E-state index contributed by atoms with van der Waals surface area (Å²) in [6.07, 6.45) is 0.408. The molecule has 4 heteroatoms. The molecule has 0 saturated heterocycles. The summed E-state index contributed by atoms with van der Waals surface area (Å²) < 4.78 is 0. The van der Waals surface area contributed by atoms with Crippen LogP contribution in [0.2, 0.25) is 0 Å². The van der Waals surface area contributed by atoms with Crippen LogP contribution in [0.15, 0.2) is 0 Å². The van der Waals surface area contributed by atoms with E-state index in [0.717, 1.165) is 0 Å². The van der Waals surface area contributed by atoms with Crippen LogP contribution in [0.4, 0.5) is 0 Å². The van der Waals surface area contributed by atoms with Gasteiger partial charge in [-0.25, -0.2) is 0 Å². The van der Waals surface area contributed by atoms with Gasteiger partial charge in [-0.05, 0) is 13.8 Å². The van der Waals surface area contributed by atoms with Gasteiger partial charge in [0.05, 0.1) is 6.54 Å². The Bertz CT molecular complexity index is 178. The largest absolute Gasteiger partial charge is 0.368 e. The molecule has 0 aromatic carbocycles. The molecular formula is C8H16N2O2. The van der Waals surface area contributed by atoms with Crippen LogP contribution >= 0.6 is 0 Å². The van der Waals surface area contributed by atoms with E-state index in [1.807, 2.05) is 13.8 Å². The lowest BCUT2D eigenvalue weighted by molar-refractivity contribution is -0.136. The zero-order valence-electron chi connectivity index (χ0n) is 7.83. The topological polar surface area (TPSA) is 63.4 Å². The molecule has 70 valence electrons. The van der Waals surface area contributed by atoms with Gasteiger partial charge in [0.2, 0.25) is 11.8 Å². The van der Waals surface area contributed by atoms with Gasteiger partial charge < -0.3 is 10.6 Å². The molecular weight excluding hydrogens is 156 g/mol. The van der Waals surface area contributed by atoms with E-state index in [9.17, 15) is 9.59 Å². The third-order valence-corrected chi connectivity index (χ3v) is 1.57. The minimum Gasteiger partial charge on any atom is -0.368 e. The van der Waals surface area contributed by atoms with Crippen molar-refractivity contribution in [3.63, 3.8) is 0 Å². The Kier molecular flexibility index (Phi) is 4.33. The zero-order chi connectivity index (χ0) is 9.72. The number of carbonyl (C=O) groups excluding carboxylic acids is 2. The summed E-state index contributed by atoms with van der Waals surface area (Å²) in [5.74, 6) is -0.505. The van der Waals surface area contributed by atoms with Crippen molar-refractivity contribution in [1.82, 2.24) is 4.90 Å². The lowest BCUT2D eigenvalue weighted by Crippen LogP contribution is -2.42. The van der Waals surface area contributed by atoms with E-state index in [0.29, 0.717) is 6.42 Å². The summed E-state index contributed by atoms with van der Waals surface area (Å²) in [6, 6.07) is 0.0324. The summed E-state index contributed by atoms with van der Waals surface area (Å²) in [7, 11) is 0. The fraction of sp³-hybridized carbons (Fsp3) is 0.750. The van der Waals surface area contributed by atoms with E-state index in [2.05, 4.69) is 0 Å². The van der Waals surface area contributed by atoms with Crippen molar-refractivity contribution in [2.24, 2.45) is 5.73 Å². The third-order valence-electron chi connectivity index (χ3n) is 1.57. The van der Waals surface area contributed by atoms with E-state index < -0.39 is 5.91 Å². The highest BCUT2D eigenvalue weighted by Gasteiger charge is 2.16. The smallest absolute Gasteiger partial charge is 0.237 e. The van der Waals surface area contributed by atoms with E-state index in [4.69, 9.17) is 5.73 Å². The SMILES string of the molecule is CCC(=O)N(CC(N)=O)C(C)C. The van der Waals surface area contributed by atoms with Crippen molar-refractivity contribution in [2.45, 2.75) is 33.2 Å². The number of hydrogen-bond acceptors (Lipinski definition) is 2. The van der Waals surface area contributed by atoms with Crippen molar-refractivity contribution in [3.8, 4) is 0 Å². The predicted octanol–water partition coefficient (Wildman–Crippen LogP) is 0.119. The van der Waals surface area contributed by atoms with Crippen LogP contribution in [0.1, 0.15) is 27.2 Å². The maximum absolute atomic E-state index is 11.2. The number of carbonyl (C=O) groups is 2. The van der Waals surface area contributed by atoms with Gasteiger partial charge in [0, 0.05) is 12.5 Å². The van der Waals surface area contributed by atoms with Gasteiger partial charge in [-0.2, -0.15) is 0 Å². The van der Waals surface area contributed by atoms with Gasteiger partial charge >= 0.3 is 0 Å². The standard InChI is InChI=1S/C8H16N2O2/c1-4-8(12)10(6(2)3)5-7(9)11/h6H,4-5H2,1-3H3,(H2,9,11). The number of rotatable bonds is 4. The quantitative estimate of drug-likeness (QED) is 0.654. The number of amides is 2. The molecule has 0 aliphatic carbocycles. The van der Waals surface area contributed by atoms with Crippen LogP contribution in [-0.4, -0.2) is 29.3 Å². The highest BCUT2D eigenvalue weighted by molar-refractivity contribution is 5.83. The number of nitrogens with two attached hydrogens (primary N) is 1. The van der Waals surface area contributed by atoms with Gasteiger partial charge in [0.25, 0.3) is 0 Å². The van der Waals surface area contributed by atoms with E-state index in [1.54, 1.807) is 6.92 Å². The summed E-state index contributed by atoms with van der Waals surface area (Å²) in [5, 5.41) is 0. The number of nitrogens with zero attached hydrogens (tertiary/aromatic N) is 1. The predicted molar refractivity (Wildman–Crippen MR) is 46.3 cm³/mol.